The summed E-state index contributed by atoms with van der Waals surface area (Å²) < 4.78 is 27.4. The number of nitrogens with one attached hydrogen (secondary N) is 4. The van der Waals surface area contributed by atoms with Gasteiger partial charge in [0.05, 0.1) is 43.0 Å². The number of halogens is 2. The molecule has 2 saturated heterocycles. The van der Waals surface area contributed by atoms with Crippen molar-refractivity contribution in [1.82, 2.24) is 41.2 Å². The van der Waals surface area contributed by atoms with Gasteiger partial charge in [-0.05, 0) is 31.7 Å². The molecule has 2 aromatic heterocycles. The van der Waals surface area contributed by atoms with Gasteiger partial charge < -0.3 is 30.7 Å². The molecule has 2 aliphatic rings. The normalized spacial score (nSPS) is 17.3. The molecule has 10 nitrogen and oxygen atoms in total. The first-order valence-electron chi connectivity index (χ1n) is 16.0. The maximum absolute atomic E-state index is 16.3. The Hall–Kier alpha value is -4.58. The van der Waals surface area contributed by atoms with Gasteiger partial charge in [-0.3, -0.25) is 9.97 Å². The lowest BCUT2D eigenvalue weighted by atomic mass is 9.98. The highest BCUT2D eigenvalue weighted by atomic mass is 35.5. The average molecular weight is 671 g/mol. The lowest BCUT2D eigenvalue weighted by Crippen LogP contribution is -2.33. The van der Waals surface area contributed by atoms with Gasteiger partial charge in [-0.1, -0.05) is 55.1 Å². The Labute approximate surface area is 285 Å². The van der Waals surface area contributed by atoms with E-state index in [4.69, 9.17) is 26.1 Å². The third-order valence-corrected chi connectivity index (χ3v) is 9.03. The number of hydrogen-bond donors (Lipinski definition) is 4. The summed E-state index contributed by atoms with van der Waals surface area (Å²) in [5, 5.41) is 13.9. The minimum absolute atomic E-state index is 0.281. The second-order valence-corrected chi connectivity index (χ2v) is 12.4. The van der Waals surface area contributed by atoms with Crippen LogP contribution >= 0.6 is 11.6 Å². The van der Waals surface area contributed by atoms with E-state index in [0.717, 1.165) is 50.2 Å². The third kappa shape index (κ3) is 7.43. The van der Waals surface area contributed by atoms with Crippen LogP contribution in [0.4, 0.5) is 4.39 Å². The van der Waals surface area contributed by atoms with E-state index in [-0.39, 0.29) is 5.56 Å². The molecular weight excluding hydrogens is 631 g/mol. The van der Waals surface area contributed by atoms with Crippen molar-refractivity contribution in [3.8, 4) is 45.4 Å². The zero-order chi connectivity index (χ0) is 33.6. The van der Waals surface area contributed by atoms with E-state index >= 15 is 4.39 Å². The van der Waals surface area contributed by atoms with Gasteiger partial charge in [0.15, 0.2) is 0 Å². The fourth-order valence-corrected chi connectivity index (χ4v) is 6.42. The molecule has 0 radical (unpaired) electrons. The van der Waals surface area contributed by atoms with Gasteiger partial charge >= 0.3 is 0 Å². The van der Waals surface area contributed by atoms with Gasteiger partial charge in [0.2, 0.25) is 11.8 Å². The molecule has 4 aromatic rings. The summed E-state index contributed by atoms with van der Waals surface area (Å²) in [6.45, 7) is 10.5. The summed E-state index contributed by atoms with van der Waals surface area (Å²) in [4.78, 5) is 18.5. The molecule has 48 heavy (non-hydrogen) atoms. The molecule has 2 aromatic carbocycles. The molecular formula is C36H40ClFN8O2. The van der Waals surface area contributed by atoms with Gasteiger partial charge in [0.25, 0.3) is 0 Å². The second kappa shape index (κ2) is 15.1. The molecule has 2 aliphatic heterocycles. The van der Waals surface area contributed by atoms with E-state index in [9.17, 15) is 0 Å². The van der Waals surface area contributed by atoms with Crippen molar-refractivity contribution in [2.45, 2.75) is 50.9 Å². The van der Waals surface area contributed by atoms with Crippen LogP contribution in [0.15, 0.2) is 73.3 Å². The van der Waals surface area contributed by atoms with Crippen LogP contribution in [0, 0.1) is 5.82 Å². The Bertz CT molecular complexity index is 1690. The van der Waals surface area contributed by atoms with Gasteiger partial charge in [-0.25, -0.2) is 14.4 Å². The summed E-state index contributed by atoms with van der Waals surface area (Å²) in [6, 6.07) is 11.2. The number of hydrogen-bond acceptors (Lipinski definition) is 10. The maximum Gasteiger partial charge on any atom is 0.237 e. The molecule has 0 bridgehead atoms. The highest BCUT2D eigenvalue weighted by molar-refractivity contribution is 6.36. The minimum atomic E-state index is -0.475. The van der Waals surface area contributed by atoms with Crippen LogP contribution in [0.2, 0.25) is 5.02 Å². The predicted octanol–water partition coefficient (Wildman–Crippen LogP) is 5.79. The largest absolute Gasteiger partial charge is 0.480 e. The fourth-order valence-electron chi connectivity index (χ4n) is 6.10. The molecule has 6 rings (SSSR count). The highest BCUT2D eigenvalue weighted by Gasteiger charge is 2.21. The van der Waals surface area contributed by atoms with Crippen molar-refractivity contribution < 1.29 is 13.9 Å². The van der Waals surface area contributed by atoms with E-state index < -0.39 is 5.82 Å². The van der Waals surface area contributed by atoms with Gasteiger partial charge in [0.1, 0.15) is 17.2 Å². The number of rotatable bonds is 13. The molecule has 250 valence electrons. The molecule has 2 fully saturated rings. The number of aromatic nitrogens is 4. The topological polar surface area (TPSA) is 118 Å². The number of benzene rings is 2. The first-order valence-corrected chi connectivity index (χ1v) is 16.4. The molecule has 4 N–H and O–H groups in total. The molecule has 0 saturated carbocycles. The Balaban J connectivity index is 1.20. The summed E-state index contributed by atoms with van der Waals surface area (Å²) in [5.41, 5.74) is 6.03. The lowest BCUT2D eigenvalue weighted by Gasteiger charge is -2.15. The molecule has 12 heteroatoms. The van der Waals surface area contributed by atoms with Gasteiger partial charge in [-0.15, -0.1) is 0 Å². The molecule has 0 aliphatic carbocycles. The maximum atomic E-state index is 16.3. The number of ether oxygens (including phenoxy) is 2. The van der Waals surface area contributed by atoms with Crippen LogP contribution in [0.5, 0.6) is 11.8 Å². The Morgan fingerprint density at radius 3 is 1.75 bits per heavy atom. The van der Waals surface area contributed by atoms with Crippen molar-refractivity contribution in [3.63, 3.8) is 0 Å². The predicted molar refractivity (Wildman–Crippen MR) is 186 cm³/mol. The number of nitrogens with zero attached hydrogens (tertiary/aromatic N) is 4. The van der Waals surface area contributed by atoms with E-state index in [0.29, 0.717) is 81.4 Å². The van der Waals surface area contributed by atoms with Gasteiger partial charge in [0, 0.05) is 71.9 Å². The third-order valence-electron chi connectivity index (χ3n) is 8.62. The molecule has 0 amide bonds. The van der Waals surface area contributed by atoms with E-state index in [2.05, 4.69) is 49.4 Å². The fraction of sp³-hybridized carbons (Fsp3) is 0.333. The zero-order valence-corrected chi connectivity index (χ0v) is 28.0. The Kier molecular flexibility index (Phi) is 10.5. The zero-order valence-electron chi connectivity index (χ0n) is 27.2. The monoisotopic (exact) mass is 670 g/mol. The number of methoxy groups -OCH3 is 2. The van der Waals surface area contributed by atoms with E-state index in [1.165, 1.54) is 7.11 Å². The Morgan fingerprint density at radius 1 is 0.771 bits per heavy atom. The Morgan fingerprint density at radius 2 is 1.25 bits per heavy atom. The van der Waals surface area contributed by atoms with Crippen LogP contribution in [0.3, 0.4) is 0 Å². The van der Waals surface area contributed by atoms with Crippen molar-refractivity contribution in [2.75, 3.05) is 27.3 Å². The SMILES string of the molecule is C=C1CC[C@@H](CNCc2ncc(-c3cccc(-c4cccc(-c5cnc(CNC[C@@H]6CCC(=C)N6)c(OC)n5)c4Cl)c3F)nc2OC)N1. The summed E-state index contributed by atoms with van der Waals surface area (Å²) in [6.07, 6.45) is 7.28. The van der Waals surface area contributed by atoms with Gasteiger partial charge in [-0.2, -0.15) is 0 Å². The van der Waals surface area contributed by atoms with Crippen molar-refractivity contribution in [2.24, 2.45) is 0 Å². The minimum Gasteiger partial charge on any atom is -0.480 e. The lowest BCUT2D eigenvalue weighted by molar-refractivity contribution is 0.386. The van der Waals surface area contributed by atoms with Crippen LogP contribution in [-0.4, -0.2) is 59.3 Å². The highest BCUT2D eigenvalue weighted by Crippen LogP contribution is 2.39. The van der Waals surface area contributed by atoms with E-state index in [1.807, 2.05) is 12.1 Å². The average Bonchev–Trinajstić information content (AvgIpc) is 3.72. The smallest absolute Gasteiger partial charge is 0.237 e. The van der Waals surface area contributed by atoms with Crippen LogP contribution in [0.25, 0.3) is 33.6 Å². The molecule has 0 unspecified atom stereocenters. The van der Waals surface area contributed by atoms with Crippen LogP contribution < -0.4 is 30.7 Å². The van der Waals surface area contributed by atoms with Crippen molar-refractivity contribution in [1.29, 1.82) is 0 Å². The quantitative estimate of drug-likeness (QED) is 0.139. The van der Waals surface area contributed by atoms with E-state index in [1.54, 1.807) is 43.8 Å². The first kappa shape index (κ1) is 33.3. The summed E-state index contributed by atoms with van der Waals surface area (Å²) >= 11 is 6.96. The second-order valence-electron chi connectivity index (χ2n) is 12.0. The summed E-state index contributed by atoms with van der Waals surface area (Å²) in [5.74, 6) is 0.253. The first-order chi connectivity index (χ1) is 23.3. The number of allylic oxidation sites excluding steroid dienone is 2. The van der Waals surface area contributed by atoms with Crippen LogP contribution in [0.1, 0.15) is 37.1 Å². The summed E-state index contributed by atoms with van der Waals surface area (Å²) in [7, 11) is 3.09. The molecule has 0 spiro atoms. The molecule has 4 heterocycles. The molecule has 2 atom stereocenters. The van der Waals surface area contributed by atoms with Crippen molar-refractivity contribution in [3.05, 3.63) is 95.6 Å². The van der Waals surface area contributed by atoms with Crippen molar-refractivity contribution >= 4 is 11.6 Å². The standard InChI is InChI=1S/C36H40ClFN8O2/c1-21-11-13-23(43-21)15-39-17-31-35(47-3)45-29(19-41-31)27-9-5-7-25(33(27)37)26-8-6-10-28(34(26)38)30-20-42-32(36(46-30)48-4)18-40-16-24-14-12-22(2)44-24/h5-10,19-20,23-24,39-40,43-44H,1-2,11-18H2,3-4H3/t23-,24-/m0/s1. The van der Waals surface area contributed by atoms with Crippen LogP contribution in [-0.2, 0) is 13.1 Å².